The van der Waals surface area contributed by atoms with E-state index in [1.165, 1.54) is 6.07 Å². The highest BCUT2D eigenvalue weighted by Gasteiger charge is 2.17. The largest absolute Gasteiger partial charge is 0.295 e. The Morgan fingerprint density at radius 1 is 1.13 bits per heavy atom. The standard InChI is InChI=1S/C19H16ClFN2/c1-4-17-22-16(14-8-6-5-7-12(14)2)11-23(17)19-15(21)10-9-13(3)18(19)20/h4-11H,1H2,2-3H3. The van der Waals surface area contributed by atoms with Crippen LogP contribution in [0.3, 0.4) is 0 Å². The molecular weight excluding hydrogens is 311 g/mol. The van der Waals surface area contributed by atoms with Gasteiger partial charge in [0.1, 0.15) is 17.3 Å². The molecule has 0 saturated carbocycles. The summed E-state index contributed by atoms with van der Waals surface area (Å²) in [5, 5.41) is 0.377. The first kappa shape index (κ1) is 15.5. The van der Waals surface area contributed by atoms with E-state index in [0.29, 0.717) is 16.5 Å². The van der Waals surface area contributed by atoms with Crippen LogP contribution in [0.1, 0.15) is 17.0 Å². The van der Waals surface area contributed by atoms with Gasteiger partial charge in [-0.3, -0.25) is 4.57 Å². The van der Waals surface area contributed by atoms with Crippen molar-refractivity contribution in [3.8, 4) is 16.9 Å². The zero-order valence-corrected chi connectivity index (χ0v) is 13.7. The number of aromatic nitrogens is 2. The Bertz CT molecular complexity index is 896. The minimum absolute atomic E-state index is 0.300. The molecule has 23 heavy (non-hydrogen) atoms. The lowest BCUT2D eigenvalue weighted by atomic mass is 10.1. The van der Waals surface area contributed by atoms with Gasteiger partial charge in [-0.2, -0.15) is 0 Å². The number of imidazole rings is 1. The zero-order chi connectivity index (χ0) is 16.6. The number of aryl methyl sites for hydroxylation is 2. The summed E-state index contributed by atoms with van der Waals surface area (Å²) in [6.07, 6.45) is 3.39. The third-order valence-corrected chi connectivity index (χ3v) is 4.31. The SMILES string of the molecule is C=Cc1nc(-c2ccccc2C)cn1-c1c(F)ccc(C)c1Cl. The lowest BCUT2D eigenvalue weighted by molar-refractivity contribution is 0.617. The van der Waals surface area contributed by atoms with Crippen LogP contribution in [0.2, 0.25) is 5.02 Å². The number of rotatable bonds is 3. The Morgan fingerprint density at radius 2 is 1.87 bits per heavy atom. The number of benzene rings is 2. The van der Waals surface area contributed by atoms with Crippen molar-refractivity contribution in [2.24, 2.45) is 0 Å². The third-order valence-electron chi connectivity index (χ3n) is 3.84. The molecule has 116 valence electrons. The molecule has 0 unspecified atom stereocenters. The van der Waals surface area contributed by atoms with Gasteiger partial charge in [0.2, 0.25) is 0 Å². The molecule has 0 atom stereocenters. The fourth-order valence-electron chi connectivity index (χ4n) is 2.57. The Balaban J connectivity index is 2.25. The lowest BCUT2D eigenvalue weighted by Crippen LogP contribution is -2.01. The second-order valence-corrected chi connectivity index (χ2v) is 5.78. The Kier molecular flexibility index (Phi) is 4.05. The van der Waals surface area contributed by atoms with E-state index >= 15 is 0 Å². The van der Waals surface area contributed by atoms with Gasteiger partial charge in [0, 0.05) is 11.8 Å². The molecule has 0 fully saturated rings. The zero-order valence-electron chi connectivity index (χ0n) is 13.0. The van der Waals surface area contributed by atoms with Crippen molar-refractivity contribution in [3.63, 3.8) is 0 Å². The lowest BCUT2D eigenvalue weighted by Gasteiger charge is -2.10. The van der Waals surface area contributed by atoms with Crippen LogP contribution in [-0.4, -0.2) is 9.55 Å². The minimum Gasteiger partial charge on any atom is -0.295 e. The van der Waals surface area contributed by atoms with Crippen molar-refractivity contribution in [1.29, 1.82) is 0 Å². The van der Waals surface area contributed by atoms with Gasteiger partial charge in [0.25, 0.3) is 0 Å². The topological polar surface area (TPSA) is 17.8 Å². The molecular formula is C19H16ClFN2. The van der Waals surface area contributed by atoms with E-state index in [0.717, 1.165) is 22.4 Å². The molecule has 0 spiro atoms. The van der Waals surface area contributed by atoms with E-state index in [1.54, 1.807) is 22.9 Å². The van der Waals surface area contributed by atoms with Gasteiger partial charge in [-0.15, -0.1) is 0 Å². The van der Waals surface area contributed by atoms with Gasteiger partial charge >= 0.3 is 0 Å². The van der Waals surface area contributed by atoms with Crippen molar-refractivity contribution in [3.05, 3.63) is 77.0 Å². The van der Waals surface area contributed by atoms with Crippen LogP contribution in [0.4, 0.5) is 4.39 Å². The summed E-state index contributed by atoms with van der Waals surface area (Å²) in [5.41, 5.74) is 3.97. The molecule has 2 nitrogen and oxygen atoms in total. The molecule has 0 radical (unpaired) electrons. The summed E-state index contributed by atoms with van der Waals surface area (Å²) < 4.78 is 16.0. The summed E-state index contributed by atoms with van der Waals surface area (Å²) in [7, 11) is 0. The first-order valence-electron chi connectivity index (χ1n) is 7.25. The predicted molar refractivity (Wildman–Crippen MR) is 93.5 cm³/mol. The fourth-order valence-corrected chi connectivity index (χ4v) is 2.81. The molecule has 0 saturated heterocycles. The van der Waals surface area contributed by atoms with Crippen LogP contribution in [0.5, 0.6) is 0 Å². The molecule has 0 aliphatic heterocycles. The summed E-state index contributed by atoms with van der Waals surface area (Å²) in [6, 6.07) is 11.0. The molecule has 0 aliphatic rings. The van der Waals surface area contributed by atoms with Crippen molar-refractivity contribution < 1.29 is 4.39 Å². The molecule has 3 aromatic rings. The predicted octanol–water partition coefficient (Wildman–Crippen LogP) is 5.59. The summed E-state index contributed by atoms with van der Waals surface area (Å²) in [4.78, 5) is 4.57. The van der Waals surface area contributed by atoms with Gasteiger partial charge in [-0.05, 0) is 37.1 Å². The molecule has 2 aromatic carbocycles. The molecule has 1 aromatic heterocycles. The van der Waals surface area contributed by atoms with Gasteiger partial charge in [-0.1, -0.05) is 48.5 Å². The number of hydrogen-bond donors (Lipinski definition) is 0. The van der Waals surface area contributed by atoms with Crippen LogP contribution in [-0.2, 0) is 0 Å². The van der Waals surface area contributed by atoms with Gasteiger partial charge < -0.3 is 0 Å². The molecule has 0 bridgehead atoms. The first-order chi connectivity index (χ1) is 11.0. The summed E-state index contributed by atoms with van der Waals surface area (Å²) in [5.74, 6) is 0.159. The van der Waals surface area contributed by atoms with Gasteiger partial charge in [0.15, 0.2) is 0 Å². The highest BCUT2D eigenvalue weighted by Crippen LogP contribution is 2.31. The quantitative estimate of drug-likeness (QED) is 0.613. The van der Waals surface area contributed by atoms with E-state index in [4.69, 9.17) is 11.6 Å². The normalized spacial score (nSPS) is 10.8. The highest BCUT2D eigenvalue weighted by atomic mass is 35.5. The van der Waals surface area contributed by atoms with Crippen molar-refractivity contribution in [2.45, 2.75) is 13.8 Å². The average molecular weight is 327 g/mol. The van der Waals surface area contributed by atoms with Crippen LogP contribution < -0.4 is 0 Å². The number of nitrogens with zero attached hydrogens (tertiary/aromatic N) is 2. The van der Waals surface area contributed by atoms with Crippen molar-refractivity contribution in [1.82, 2.24) is 9.55 Å². The molecule has 0 aliphatic carbocycles. The van der Waals surface area contributed by atoms with Crippen LogP contribution in [0.25, 0.3) is 23.0 Å². The van der Waals surface area contributed by atoms with Crippen LogP contribution >= 0.6 is 11.6 Å². The monoisotopic (exact) mass is 326 g/mol. The second-order valence-electron chi connectivity index (χ2n) is 5.40. The van der Waals surface area contributed by atoms with E-state index in [9.17, 15) is 4.39 Å². The van der Waals surface area contributed by atoms with E-state index in [1.807, 2.05) is 38.1 Å². The third kappa shape index (κ3) is 2.68. The molecule has 4 heteroatoms. The van der Waals surface area contributed by atoms with Crippen molar-refractivity contribution >= 4 is 17.7 Å². The second kappa shape index (κ2) is 6.01. The highest BCUT2D eigenvalue weighted by molar-refractivity contribution is 6.33. The van der Waals surface area contributed by atoms with Crippen LogP contribution in [0.15, 0.2) is 49.2 Å². The average Bonchev–Trinajstić information content (AvgIpc) is 2.95. The van der Waals surface area contributed by atoms with E-state index in [-0.39, 0.29) is 0 Å². The van der Waals surface area contributed by atoms with Crippen LogP contribution in [0, 0.1) is 19.7 Å². The fraction of sp³-hybridized carbons (Fsp3) is 0.105. The Labute approximate surface area is 139 Å². The molecule has 0 amide bonds. The summed E-state index contributed by atoms with van der Waals surface area (Å²) >= 11 is 6.33. The first-order valence-corrected chi connectivity index (χ1v) is 7.63. The maximum atomic E-state index is 14.4. The maximum absolute atomic E-state index is 14.4. The molecule has 1 heterocycles. The Morgan fingerprint density at radius 3 is 2.57 bits per heavy atom. The molecule has 0 N–H and O–H groups in total. The number of hydrogen-bond acceptors (Lipinski definition) is 1. The maximum Gasteiger partial charge on any atom is 0.148 e. The minimum atomic E-state index is -0.391. The van der Waals surface area contributed by atoms with Crippen molar-refractivity contribution in [2.75, 3.05) is 0 Å². The van der Waals surface area contributed by atoms with Gasteiger partial charge in [-0.25, -0.2) is 9.37 Å². The number of halogens is 2. The molecule has 3 rings (SSSR count). The van der Waals surface area contributed by atoms with E-state index in [2.05, 4.69) is 11.6 Å². The van der Waals surface area contributed by atoms with Gasteiger partial charge in [0.05, 0.1) is 10.7 Å². The Hall–Kier alpha value is -2.39. The summed E-state index contributed by atoms with van der Waals surface area (Å²) in [6.45, 7) is 7.64. The smallest absolute Gasteiger partial charge is 0.148 e. The van der Waals surface area contributed by atoms with E-state index < -0.39 is 5.82 Å².